The number of methoxy groups -OCH3 is 1. The van der Waals surface area contributed by atoms with Crippen molar-refractivity contribution in [3.8, 4) is 0 Å². The molecule has 0 aromatic heterocycles. The van der Waals surface area contributed by atoms with Crippen molar-refractivity contribution in [3.63, 3.8) is 0 Å². The maximum atomic E-state index is 12.3. The zero-order chi connectivity index (χ0) is 13.9. The van der Waals surface area contributed by atoms with Crippen molar-refractivity contribution in [2.45, 2.75) is 43.9 Å². The Morgan fingerprint density at radius 1 is 1.21 bits per heavy atom. The molecule has 2 aliphatic heterocycles. The fourth-order valence-electron chi connectivity index (χ4n) is 3.15. The number of fused-ring (bicyclic) bond motifs is 1. The van der Waals surface area contributed by atoms with Gasteiger partial charge in [0.15, 0.2) is 0 Å². The summed E-state index contributed by atoms with van der Waals surface area (Å²) in [7, 11) is 1.70. The van der Waals surface area contributed by atoms with Gasteiger partial charge < -0.3 is 9.64 Å². The van der Waals surface area contributed by atoms with Gasteiger partial charge in [0.1, 0.15) is 0 Å². The Hall–Kier alpha value is -0.330. The van der Waals surface area contributed by atoms with Gasteiger partial charge in [0, 0.05) is 32.3 Å². The third kappa shape index (κ3) is 4.33. The van der Waals surface area contributed by atoms with E-state index in [9.17, 15) is 13.2 Å². The van der Waals surface area contributed by atoms with E-state index in [0.29, 0.717) is 12.1 Å². The number of alkyl halides is 3. The minimum absolute atomic E-state index is 0.142. The normalized spacial score (nSPS) is 30.3. The van der Waals surface area contributed by atoms with E-state index in [1.54, 1.807) is 7.11 Å². The fourth-order valence-corrected chi connectivity index (χ4v) is 3.15. The maximum Gasteiger partial charge on any atom is 0.390 e. The van der Waals surface area contributed by atoms with Crippen LogP contribution in [0, 0.1) is 0 Å². The van der Waals surface area contributed by atoms with E-state index in [4.69, 9.17) is 4.74 Å². The number of rotatable bonds is 4. The van der Waals surface area contributed by atoms with Crippen molar-refractivity contribution in [3.05, 3.63) is 0 Å². The number of hydrogen-bond acceptors (Lipinski definition) is 3. The van der Waals surface area contributed by atoms with Gasteiger partial charge in [-0.2, -0.15) is 13.2 Å². The Kier molecular flexibility index (Phi) is 5.09. The van der Waals surface area contributed by atoms with Crippen molar-refractivity contribution in [2.75, 3.05) is 39.9 Å². The Labute approximate surface area is 112 Å². The summed E-state index contributed by atoms with van der Waals surface area (Å²) in [6.45, 7) is 3.51. The summed E-state index contributed by atoms with van der Waals surface area (Å²) in [5, 5.41) is 0. The molecule has 19 heavy (non-hydrogen) atoms. The van der Waals surface area contributed by atoms with Crippen LogP contribution in [0.5, 0.6) is 0 Å². The summed E-state index contributed by atoms with van der Waals surface area (Å²) in [5.41, 5.74) is 0. The molecule has 0 saturated carbocycles. The smallest absolute Gasteiger partial charge is 0.383 e. The highest BCUT2D eigenvalue weighted by molar-refractivity contribution is 4.95. The molecule has 0 bridgehead atoms. The van der Waals surface area contributed by atoms with Crippen molar-refractivity contribution < 1.29 is 17.9 Å². The van der Waals surface area contributed by atoms with Crippen molar-refractivity contribution >= 4 is 0 Å². The molecule has 0 aromatic carbocycles. The van der Waals surface area contributed by atoms with Gasteiger partial charge in [0.05, 0.1) is 13.0 Å². The lowest BCUT2D eigenvalue weighted by molar-refractivity contribution is -0.140. The Morgan fingerprint density at radius 2 is 1.95 bits per heavy atom. The van der Waals surface area contributed by atoms with Gasteiger partial charge >= 0.3 is 6.18 Å². The number of halogens is 3. The van der Waals surface area contributed by atoms with Crippen LogP contribution in [0.3, 0.4) is 0 Å². The molecule has 112 valence electrons. The van der Waals surface area contributed by atoms with E-state index >= 15 is 0 Å². The highest BCUT2D eigenvalue weighted by Crippen LogP contribution is 2.29. The second kappa shape index (κ2) is 6.41. The van der Waals surface area contributed by atoms with Crippen LogP contribution >= 0.6 is 0 Å². The van der Waals surface area contributed by atoms with E-state index < -0.39 is 12.6 Å². The van der Waals surface area contributed by atoms with Crippen LogP contribution in [0.4, 0.5) is 13.2 Å². The second-order valence-corrected chi connectivity index (χ2v) is 5.61. The van der Waals surface area contributed by atoms with Gasteiger partial charge in [-0.1, -0.05) is 0 Å². The van der Waals surface area contributed by atoms with Gasteiger partial charge in [0.2, 0.25) is 0 Å². The van der Waals surface area contributed by atoms with Gasteiger partial charge in [-0.05, 0) is 32.4 Å². The fraction of sp³-hybridized carbons (Fsp3) is 1.00. The molecule has 0 spiro atoms. The first kappa shape index (κ1) is 15.1. The largest absolute Gasteiger partial charge is 0.390 e. The monoisotopic (exact) mass is 280 g/mol. The molecular weight excluding hydrogens is 257 g/mol. The highest BCUT2D eigenvalue weighted by atomic mass is 19.4. The zero-order valence-corrected chi connectivity index (χ0v) is 11.5. The van der Waals surface area contributed by atoms with E-state index in [-0.39, 0.29) is 6.54 Å². The molecule has 0 aliphatic carbocycles. The van der Waals surface area contributed by atoms with Crippen LogP contribution in [0.2, 0.25) is 0 Å². The standard InChI is InChI=1S/C13H23F3N2O/c1-19-10-12-8-11-9-17(7-4-13(14,15)16)5-2-3-6-18(11)12/h11-12H,2-10H2,1H3/t11-,12+/m1/s1. The third-order valence-corrected chi connectivity index (χ3v) is 4.16. The first-order valence-electron chi connectivity index (χ1n) is 7.03. The molecular formula is C13H23F3N2O. The number of nitrogens with zero attached hydrogens (tertiary/aromatic N) is 2. The quantitative estimate of drug-likeness (QED) is 0.784. The van der Waals surface area contributed by atoms with Gasteiger partial charge in [0.25, 0.3) is 0 Å². The van der Waals surface area contributed by atoms with Gasteiger partial charge in [-0.3, -0.25) is 4.90 Å². The average molecular weight is 280 g/mol. The van der Waals surface area contributed by atoms with E-state index in [0.717, 1.165) is 45.5 Å². The molecule has 3 nitrogen and oxygen atoms in total. The van der Waals surface area contributed by atoms with Crippen molar-refractivity contribution in [1.82, 2.24) is 9.80 Å². The Balaban J connectivity index is 1.81. The average Bonchev–Trinajstić information content (AvgIpc) is 2.29. The molecule has 0 N–H and O–H groups in total. The first-order valence-corrected chi connectivity index (χ1v) is 7.03. The van der Waals surface area contributed by atoms with E-state index in [1.165, 1.54) is 0 Å². The highest BCUT2D eigenvalue weighted by Gasteiger charge is 2.39. The lowest BCUT2D eigenvalue weighted by Crippen LogP contribution is -2.62. The van der Waals surface area contributed by atoms with Crippen LogP contribution in [0.1, 0.15) is 25.7 Å². The van der Waals surface area contributed by atoms with Crippen molar-refractivity contribution in [2.24, 2.45) is 0 Å². The molecule has 2 heterocycles. The molecule has 6 heteroatoms. The molecule has 0 radical (unpaired) electrons. The number of hydrogen-bond donors (Lipinski definition) is 0. The molecule has 2 saturated heterocycles. The molecule has 2 aliphatic rings. The minimum atomic E-state index is -4.04. The second-order valence-electron chi connectivity index (χ2n) is 5.61. The SMILES string of the molecule is COC[C@@H]1C[C@@H]2CN(CCC(F)(F)F)CCCCN12. The van der Waals surface area contributed by atoms with Crippen LogP contribution < -0.4 is 0 Å². The first-order chi connectivity index (χ1) is 8.99. The summed E-state index contributed by atoms with van der Waals surface area (Å²) in [5.74, 6) is 0. The predicted octanol–water partition coefficient (Wildman–Crippen LogP) is 2.12. The molecule has 0 aromatic rings. The van der Waals surface area contributed by atoms with Crippen LogP contribution in [-0.4, -0.2) is 68.0 Å². The lowest BCUT2D eigenvalue weighted by Gasteiger charge is -2.51. The minimum Gasteiger partial charge on any atom is -0.383 e. The van der Waals surface area contributed by atoms with E-state index in [2.05, 4.69) is 4.90 Å². The molecule has 2 atom stereocenters. The topological polar surface area (TPSA) is 15.7 Å². The summed E-state index contributed by atoms with van der Waals surface area (Å²) in [6.07, 6.45) is -1.63. The summed E-state index contributed by atoms with van der Waals surface area (Å²) in [4.78, 5) is 4.39. The molecule has 2 fully saturated rings. The maximum absolute atomic E-state index is 12.3. The zero-order valence-electron chi connectivity index (χ0n) is 11.5. The Morgan fingerprint density at radius 3 is 2.63 bits per heavy atom. The summed E-state index contributed by atoms with van der Waals surface area (Å²) >= 11 is 0. The lowest BCUT2D eigenvalue weighted by atomic mass is 9.91. The Bertz CT molecular complexity index is 286. The van der Waals surface area contributed by atoms with E-state index in [1.807, 2.05) is 4.90 Å². The number of ether oxygens (including phenoxy) is 1. The molecule has 0 unspecified atom stereocenters. The summed E-state index contributed by atoms with van der Waals surface area (Å²) in [6, 6.07) is 0.895. The molecule has 0 amide bonds. The molecule has 2 rings (SSSR count). The van der Waals surface area contributed by atoms with Gasteiger partial charge in [-0.15, -0.1) is 0 Å². The van der Waals surface area contributed by atoms with Crippen molar-refractivity contribution in [1.29, 1.82) is 0 Å². The van der Waals surface area contributed by atoms with Crippen LogP contribution in [0.25, 0.3) is 0 Å². The van der Waals surface area contributed by atoms with Gasteiger partial charge in [-0.25, -0.2) is 0 Å². The van der Waals surface area contributed by atoms with Crippen LogP contribution in [0.15, 0.2) is 0 Å². The predicted molar refractivity (Wildman–Crippen MR) is 67.1 cm³/mol. The third-order valence-electron chi connectivity index (χ3n) is 4.16. The van der Waals surface area contributed by atoms with Crippen LogP contribution in [-0.2, 0) is 4.74 Å². The summed E-state index contributed by atoms with van der Waals surface area (Å²) < 4.78 is 42.0.